The molecule has 0 saturated carbocycles. The summed E-state index contributed by atoms with van der Waals surface area (Å²) in [5, 5.41) is 1.74. The third-order valence-corrected chi connectivity index (χ3v) is 1.03. The Morgan fingerprint density at radius 1 is 1.25 bits per heavy atom. The average molecular weight is 174 g/mol. The molecule has 0 fully saturated rings. The Bertz CT molecular complexity index is 215. The second-order valence-electron chi connectivity index (χ2n) is 2.13. The van der Waals surface area contributed by atoms with Crippen LogP contribution in [0.1, 0.15) is 6.42 Å². The number of hydrogen-bond donors (Lipinski definition) is 4. The molecule has 0 radical (unpaired) electrons. The molecule has 12 heavy (non-hydrogen) atoms. The van der Waals surface area contributed by atoms with Crippen LogP contribution in [0.4, 0.5) is 4.79 Å². The fourth-order valence-electron chi connectivity index (χ4n) is 0.489. The van der Waals surface area contributed by atoms with Gasteiger partial charge in [0, 0.05) is 0 Å². The lowest BCUT2D eigenvalue weighted by atomic mass is 10.2. The predicted molar refractivity (Wildman–Crippen MR) is 39.5 cm³/mol. The first-order chi connectivity index (χ1) is 5.43. The van der Waals surface area contributed by atoms with E-state index in [1.165, 1.54) is 0 Å². The number of carbonyl (C=O) groups is 3. The maximum atomic E-state index is 10.7. The van der Waals surface area contributed by atoms with Crippen LogP contribution in [0.25, 0.3) is 0 Å². The monoisotopic (exact) mass is 174 g/mol. The van der Waals surface area contributed by atoms with Gasteiger partial charge in [-0.05, 0) is 0 Å². The SMILES string of the molecule is NC(=O)NC(=O)CC(N)C(N)=O. The van der Waals surface area contributed by atoms with Gasteiger partial charge in [0.2, 0.25) is 11.8 Å². The van der Waals surface area contributed by atoms with Crippen LogP contribution in [-0.4, -0.2) is 23.9 Å². The zero-order valence-electron chi connectivity index (χ0n) is 6.24. The summed E-state index contributed by atoms with van der Waals surface area (Å²) < 4.78 is 0. The summed E-state index contributed by atoms with van der Waals surface area (Å²) in [6, 6.07) is -2.08. The first kappa shape index (κ1) is 10.4. The molecule has 7 nitrogen and oxygen atoms in total. The summed E-state index contributed by atoms with van der Waals surface area (Å²) >= 11 is 0. The normalized spacial score (nSPS) is 11.8. The van der Waals surface area contributed by atoms with Crippen LogP contribution in [0.3, 0.4) is 0 Å². The van der Waals surface area contributed by atoms with E-state index in [-0.39, 0.29) is 6.42 Å². The van der Waals surface area contributed by atoms with E-state index < -0.39 is 23.9 Å². The van der Waals surface area contributed by atoms with E-state index in [4.69, 9.17) is 11.5 Å². The topological polar surface area (TPSA) is 141 Å². The molecule has 0 aliphatic rings. The molecule has 1 atom stereocenters. The summed E-state index contributed by atoms with van der Waals surface area (Å²) in [4.78, 5) is 31.1. The molecule has 0 bridgehead atoms. The van der Waals surface area contributed by atoms with Crippen molar-refractivity contribution >= 4 is 17.8 Å². The Morgan fingerprint density at radius 3 is 2.08 bits per heavy atom. The number of nitrogens with one attached hydrogen (secondary N) is 1. The summed E-state index contributed by atoms with van der Waals surface area (Å²) in [6.07, 6.45) is -0.349. The number of urea groups is 1. The second-order valence-corrected chi connectivity index (χ2v) is 2.13. The minimum atomic E-state index is -1.09. The lowest BCUT2D eigenvalue weighted by Gasteiger charge is -2.05. The minimum absolute atomic E-state index is 0.349. The van der Waals surface area contributed by atoms with Crippen molar-refractivity contribution in [3.05, 3.63) is 0 Å². The molecule has 68 valence electrons. The van der Waals surface area contributed by atoms with Gasteiger partial charge in [-0.15, -0.1) is 0 Å². The number of primary amides is 2. The number of amides is 4. The third-order valence-electron chi connectivity index (χ3n) is 1.03. The van der Waals surface area contributed by atoms with E-state index in [9.17, 15) is 14.4 Å². The Labute approximate surface area is 68.3 Å². The van der Waals surface area contributed by atoms with E-state index >= 15 is 0 Å². The van der Waals surface area contributed by atoms with Crippen LogP contribution in [0.2, 0.25) is 0 Å². The van der Waals surface area contributed by atoms with E-state index in [0.29, 0.717) is 0 Å². The molecular weight excluding hydrogens is 164 g/mol. The molecule has 0 saturated heterocycles. The first-order valence-electron chi connectivity index (χ1n) is 3.07. The van der Waals surface area contributed by atoms with E-state index in [1.807, 2.05) is 0 Å². The number of imide groups is 1. The maximum absolute atomic E-state index is 10.7. The zero-order valence-corrected chi connectivity index (χ0v) is 6.24. The molecule has 4 amide bonds. The van der Waals surface area contributed by atoms with Crippen LogP contribution in [-0.2, 0) is 9.59 Å². The summed E-state index contributed by atoms with van der Waals surface area (Å²) in [6.45, 7) is 0. The lowest BCUT2D eigenvalue weighted by molar-refractivity contribution is -0.125. The zero-order chi connectivity index (χ0) is 9.72. The summed E-state index contributed by atoms with van der Waals surface area (Å²) in [7, 11) is 0. The largest absolute Gasteiger partial charge is 0.368 e. The quantitative estimate of drug-likeness (QED) is 0.371. The third kappa shape index (κ3) is 4.23. The van der Waals surface area contributed by atoms with Gasteiger partial charge < -0.3 is 17.2 Å². The van der Waals surface area contributed by atoms with E-state index in [2.05, 4.69) is 5.73 Å². The van der Waals surface area contributed by atoms with Gasteiger partial charge in [0.05, 0.1) is 12.5 Å². The molecule has 7 heteroatoms. The van der Waals surface area contributed by atoms with E-state index in [0.717, 1.165) is 0 Å². The van der Waals surface area contributed by atoms with Crippen LogP contribution in [0, 0.1) is 0 Å². The van der Waals surface area contributed by atoms with Gasteiger partial charge in [0.15, 0.2) is 0 Å². The van der Waals surface area contributed by atoms with Crippen molar-refractivity contribution in [2.45, 2.75) is 12.5 Å². The van der Waals surface area contributed by atoms with Gasteiger partial charge in [-0.3, -0.25) is 14.9 Å². The minimum Gasteiger partial charge on any atom is -0.368 e. The molecule has 0 heterocycles. The highest BCUT2D eigenvalue weighted by Gasteiger charge is 2.14. The van der Waals surface area contributed by atoms with E-state index in [1.54, 1.807) is 5.32 Å². The molecule has 0 aliphatic carbocycles. The smallest absolute Gasteiger partial charge is 0.318 e. The van der Waals surface area contributed by atoms with Gasteiger partial charge in [-0.1, -0.05) is 0 Å². The standard InChI is InChI=1S/C5H10N4O3/c6-2(4(7)11)1-3(10)9-5(8)12/h2H,1,6H2,(H2,7,11)(H3,8,9,10,12). The Kier molecular flexibility index (Phi) is 3.71. The van der Waals surface area contributed by atoms with Crippen molar-refractivity contribution in [3.8, 4) is 0 Å². The highest BCUT2D eigenvalue weighted by Crippen LogP contribution is 1.85. The fourth-order valence-corrected chi connectivity index (χ4v) is 0.489. The van der Waals surface area contributed by atoms with Crippen molar-refractivity contribution in [1.29, 1.82) is 0 Å². The van der Waals surface area contributed by atoms with Gasteiger partial charge in [0.25, 0.3) is 0 Å². The van der Waals surface area contributed by atoms with Crippen LogP contribution >= 0.6 is 0 Å². The fraction of sp³-hybridized carbons (Fsp3) is 0.400. The highest BCUT2D eigenvalue weighted by molar-refractivity contribution is 5.96. The number of rotatable bonds is 3. The molecule has 0 aromatic heterocycles. The lowest BCUT2D eigenvalue weighted by Crippen LogP contribution is -2.43. The van der Waals surface area contributed by atoms with Crippen molar-refractivity contribution in [1.82, 2.24) is 5.32 Å². The summed E-state index contributed by atoms with van der Waals surface area (Å²) in [5.74, 6) is -1.54. The number of carbonyl (C=O) groups excluding carboxylic acids is 3. The Morgan fingerprint density at radius 2 is 1.75 bits per heavy atom. The van der Waals surface area contributed by atoms with Crippen LogP contribution < -0.4 is 22.5 Å². The van der Waals surface area contributed by atoms with Gasteiger partial charge in [-0.25, -0.2) is 4.79 Å². The Balaban J connectivity index is 3.85. The van der Waals surface area contributed by atoms with Crippen molar-refractivity contribution in [2.24, 2.45) is 17.2 Å². The average Bonchev–Trinajstić information content (AvgIpc) is 1.84. The van der Waals surface area contributed by atoms with Gasteiger partial charge in [0.1, 0.15) is 0 Å². The molecule has 0 aliphatic heterocycles. The predicted octanol–water partition coefficient (Wildman–Crippen LogP) is -2.62. The first-order valence-corrected chi connectivity index (χ1v) is 3.07. The van der Waals surface area contributed by atoms with Gasteiger partial charge >= 0.3 is 6.03 Å². The molecule has 1 unspecified atom stereocenters. The molecular formula is C5H10N4O3. The molecule has 7 N–H and O–H groups in total. The van der Waals surface area contributed by atoms with Crippen molar-refractivity contribution < 1.29 is 14.4 Å². The Hall–Kier alpha value is -1.63. The second kappa shape index (κ2) is 4.29. The maximum Gasteiger partial charge on any atom is 0.318 e. The van der Waals surface area contributed by atoms with Crippen LogP contribution in [0.15, 0.2) is 0 Å². The molecule has 0 aromatic carbocycles. The highest BCUT2D eigenvalue weighted by atomic mass is 16.2. The molecule has 0 rings (SSSR count). The molecule has 0 spiro atoms. The molecule has 0 aromatic rings. The number of hydrogen-bond acceptors (Lipinski definition) is 4. The van der Waals surface area contributed by atoms with Gasteiger partial charge in [-0.2, -0.15) is 0 Å². The van der Waals surface area contributed by atoms with Crippen LogP contribution in [0.5, 0.6) is 0 Å². The van der Waals surface area contributed by atoms with Crippen molar-refractivity contribution in [3.63, 3.8) is 0 Å². The van der Waals surface area contributed by atoms with Crippen molar-refractivity contribution in [2.75, 3.05) is 0 Å². The summed E-state index contributed by atoms with van der Waals surface area (Å²) in [5.41, 5.74) is 14.5. The number of nitrogens with two attached hydrogens (primary N) is 3.